The molecule has 3 rings (SSSR count). The number of carbonyl (C=O) groups is 4. The van der Waals surface area contributed by atoms with Crippen LogP contribution in [0.3, 0.4) is 0 Å². The van der Waals surface area contributed by atoms with Crippen LogP contribution in [0.5, 0.6) is 17.2 Å². The summed E-state index contributed by atoms with van der Waals surface area (Å²) in [5.74, 6) is 9.45. The van der Waals surface area contributed by atoms with Gasteiger partial charge in [-0.05, 0) is 0 Å². The van der Waals surface area contributed by atoms with E-state index in [2.05, 4.69) is 23.7 Å². The summed E-state index contributed by atoms with van der Waals surface area (Å²) >= 11 is 0. The molecule has 0 bridgehead atoms. The van der Waals surface area contributed by atoms with Gasteiger partial charge in [0, 0.05) is 85.4 Å². The van der Waals surface area contributed by atoms with Gasteiger partial charge in [-0.25, -0.2) is 0 Å². The van der Waals surface area contributed by atoms with E-state index in [1.165, 1.54) is 46.6 Å². The molecular formula is C32H40N2O11. The number of ether oxygens (including phenoxy) is 6. The van der Waals surface area contributed by atoms with Gasteiger partial charge < -0.3 is 43.3 Å². The molecule has 0 radical (unpaired) electrons. The minimum absolute atomic E-state index is 0.0738. The maximum absolute atomic E-state index is 12.8. The van der Waals surface area contributed by atoms with Crippen LogP contribution in [0.4, 0.5) is 0 Å². The molecule has 45 heavy (non-hydrogen) atoms. The second-order valence-corrected chi connectivity index (χ2v) is 10.3. The summed E-state index contributed by atoms with van der Waals surface area (Å²) in [4.78, 5) is 53.9. The van der Waals surface area contributed by atoms with E-state index in [1.54, 1.807) is 9.80 Å². The first-order valence-corrected chi connectivity index (χ1v) is 14.6. The molecule has 4 atom stereocenters. The maximum Gasteiger partial charge on any atom is 0.311 e. The molecule has 0 saturated heterocycles. The van der Waals surface area contributed by atoms with E-state index in [9.17, 15) is 24.3 Å². The van der Waals surface area contributed by atoms with Gasteiger partial charge in [-0.2, -0.15) is 0 Å². The Hall–Kier alpha value is -4.14. The van der Waals surface area contributed by atoms with Crippen molar-refractivity contribution in [2.45, 2.75) is 62.9 Å². The van der Waals surface area contributed by atoms with Gasteiger partial charge in [0.05, 0.1) is 25.9 Å². The lowest BCUT2D eigenvalue weighted by atomic mass is 10.1. The van der Waals surface area contributed by atoms with Gasteiger partial charge in [0.25, 0.3) is 0 Å². The number of aromatic hydroxyl groups is 1. The summed E-state index contributed by atoms with van der Waals surface area (Å²) < 4.78 is 32.2. The van der Waals surface area contributed by atoms with Crippen LogP contribution >= 0.6 is 0 Å². The fourth-order valence-electron chi connectivity index (χ4n) is 4.77. The number of phenolic OH excluding ortho intramolecular Hbond substituents is 1. The van der Waals surface area contributed by atoms with Crippen molar-refractivity contribution in [3.8, 4) is 40.9 Å². The molecule has 2 heterocycles. The van der Waals surface area contributed by atoms with Crippen molar-refractivity contribution in [1.29, 1.82) is 0 Å². The third kappa shape index (κ3) is 11.1. The zero-order chi connectivity index (χ0) is 32.8. The molecule has 13 nitrogen and oxygen atoms in total. The lowest BCUT2D eigenvalue weighted by molar-refractivity contribution is -0.140. The van der Waals surface area contributed by atoms with Crippen molar-refractivity contribution >= 4 is 23.8 Å². The first kappa shape index (κ1) is 35.3. The van der Waals surface area contributed by atoms with Gasteiger partial charge in [-0.1, -0.05) is 23.7 Å². The molecule has 1 N–H and O–H groups in total. The van der Waals surface area contributed by atoms with Crippen molar-refractivity contribution < 1.29 is 52.7 Å². The highest BCUT2D eigenvalue weighted by Gasteiger charge is 2.28. The summed E-state index contributed by atoms with van der Waals surface area (Å²) in [7, 11) is 6.08. The predicted octanol–water partition coefficient (Wildman–Crippen LogP) is 1.29. The standard InChI is InChI=1S/C32H40N2O11/c1-40-25-9-5-7-15-33(20-27(25)42-3)29(36)11-13-31(38)44-23-17-22(35)18-24(19-23)45-32(39)14-12-30(37)34-16-8-6-10-26(41-2)28(21-34)43-4/h17-19,25-28,35H,7-8,11-16,20-21H2,1-4H3/t25-,26-,27-,28-/m0/s1. The van der Waals surface area contributed by atoms with Crippen molar-refractivity contribution in [2.75, 3.05) is 54.6 Å². The first-order valence-electron chi connectivity index (χ1n) is 14.6. The fourth-order valence-corrected chi connectivity index (χ4v) is 4.77. The molecule has 1 aromatic carbocycles. The van der Waals surface area contributed by atoms with Crippen molar-refractivity contribution in [1.82, 2.24) is 9.80 Å². The second-order valence-electron chi connectivity index (χ2n) is 10.3. The number of hydrogen-bond donors (Lipinski definition) is 1. The van der Waals surface area contributed by atoms with Gasteiger partial charge >= 0.3 is 11.9 Å². The molecular weight excluding hydrogens is 588 g/mol. The SMILES string of the molecule is CO[C@H]1C#CCCN(C(=O)CCC(=O)Oc2cc(O)cc(OC(=O)CCC(=O)N3CCC#C[C@H](OC)[C@@H](OC)C3)c2)C[C@@H]1OC. The van der Waals surface area contributed by atoms with Gasteiger partial charge in [-0.3, -0.25) is 19.2 Å². The molecule has 2 aliphatic heterocycles. The quantitative estimate of drug-likeness (QED) is 0.203. The average Bonchev–Trinajstić information content (AvgIpc) is 2.99. The number of esters is 2. The molecule has 2 aliphatic rings. The number of amides is 2. The summed E-state index contributed by atoms with van der Waals surface area (Å²) in [5, 5.41) is 10.1. The Kier molecular flexibility index (Phi) is 14.1. The van der Waals surface area contributed by atoms with Crippen LogP contribution in [0.2, 0.25) is 0 Å². The van der Waals surface area contributed by atoms with Gasteiger partial charge in [0.1, 0.15) is 41.7 Å². The average molecular weight is 629 g/mol. The van der Waals surface area contributed by atoms with Crippen LogP contribution in [-0.4, -0.2) is 118 Å². The molecule has 13 heteroatoms. The van der Waals surface area contributed by atoms with Crippen LogP contribution < -0.4 is 9.47 Å². The molecule has 0 aliphatic carbocycles. The lowest BCUT2D eigenvalue weighted by Gasteiger charge is -2.30. The van der Waals surface area contributed by atoms with Crippen LogP contribution in [0, 0.1) is 23.7 Å². The molecule has 1 aromatic rings. The highest BCUT2D eigenvalue weighted by molar-refractivity contribution is 5.83. The zero-order valence-electron chi connectivity index (χ0n) is 26.0. The van der Waals surface area contributed by atoms with Gasteiger partial charge in [0.15, 0.2) is 0 Å². The largest absolute Gasteiger partial charge is 0.508 e. The predicted molar refractivity (Wildman–Crippen MR) is 159 cm³/mol. The Labute approximate surface area is 263 Å². The van der Waals surface area contributed by atoms with E-state index in [0.29, 0.717) is 25.9 Å². The molecule has 0 spiro atoms. The Morgan fingerprint density at radius 1 is 0.689 bits per heavy atom. The number of hydrogen-bond acceptors (Lipinski definition) is 11. The number of phenols is 1. The summed E-state index contributed by atoms with van der Waals surface area (Å²) in [6.07, 6.45) is -1.59. The van der Waals surface area contributed by atoms with Crippen LogP contribution in [-0.2, 0) is 38.1 Å². The zero-order valence-corrected chi connectivity index (χ0v) is 26.0. The molecule has 244 valence electrons. The monoisotopic (exact) mass is 628 g/mol. The highest BCUT2D eigenvalue weighted by atomic mass is 16.6. The molecule has 0 saturated carbocycles. The third-order valence-electron chi connectivity index (χ3n) is 7.21. The topological polar surface area (TPSA) is 150 Å². The first-order chi connectivity index (χ1) is 21.7. The number of benzene rings is 1. The molecule has 0 fully saturated rings. The van der Waals surface area contributed by atoms with Crippen LogP contribution in [0.25, 0.3) is 0 Å². The van der Waals surface area contributed by atoms with Crippen molar-refractivity contribution in [3.63, 3.8) is 0 Å². The van der Waals surface area contributed by atoms with Gasteiger partial charge in [-0.15, -0.1) is 0 Å². The highest BCUT2D eigenvalue weighted by Crippen LogP contribution is 2.28. The Balaban J connectivity index is 1.49. The molecule has 0 aromatic heterocycles. The normalized spacial score (nSPS) is 21.4. The second kappa shape index (κ2) is 18.0. The van der Waals surface area contributed by atoms with E-state index >= 15 is 0 Å². The van der Waals surface area contributed by atoms with E-state index in [1.807, 2.05) is 0 Å². The van der Waals surface area contributed by atoms with Crippen molar-refractivity contribution in [2.24, 2.45) is 0 Å². The summed E-state index contributed by atoms with van der Waals surface area (Å²) in [5.41, 5.74) is 0. The lowest BCUT2D eigenvalue weighted by Crippen LogP contribution is -2.45. The van der Waals surface area contributed by atoms with E-state index < -0.39 is 36.4 Å². The van der Waals surface area contributed by atoms with E-state index in [0.717, 1.165) is 0 Å². The fraction of sp³-hybridized carbons (Fsp3) is 0.562. The van der Waals surface area contributed by atoms with E-state index in [4.69, 9.17) is 28.4 Å². The van der Waals surface area contributed by atoms with Crippen molar-refractivity contribution in [3.05, 3.63) is 18.2 Å². The van der Waals surface area contributed by atoms with Crippen LogP contribution in [0.15, 0.2) is 18.2 Å². The van der Waals surface area contributed by atoms with Gasteiger partial charge in [0.2, 0.25) is 11.8 Å². The molecule has 0 unspecified atom stereocenters. The Morgan fingerprint density at radius 3 is 1.49 bits per heavy atom. The number of rotatable bonds is 12. The minimum atomic E-state index is -0.718. The maximum atomic E-state index is 12.8. The third-order valence-corrected chi connectivity index (χ3v) is 7.21. The van der Waals surface area contributed by atoms with E-state index in [-0.39, 0.29) is 67.8 Å². The number of carbonyl (C=O) groups excluding carboxylic acids is 4. The minimum Gasteiger partial charge on any atom is -0.508 e. The Morgan fingerprint density at radius 2 is 1.11 bits per heavy atom. The number of nitrogens with zero attached hydrogens (tertiary/aromatic N) is 2. The number of methoxy groups -OCH3 is 4. The smallest absolute Gasteiger partial charge is 0.311 e. The summed E-state index contributed by atoms with van der Waals surface area (Å²) in [6, 6.07) is 3.61. The molecule has 2 amide bonds. The summed E-state index contributed by atoms with van der Waals surface area (Å²) in [6.45, 7) is 1.30. The van der Waals surface area contributed by atoms with Crippen LogP contribution in [0.1, 0.15) is 38.5 Å². The Bertz CT molecular complexity index is 1230.